The number of hydrogen-bond acceptors (Lipinski definition) is 7. The van der Waals surface area contributed by atoms with E-state index in [-0.39, 0.29) is 12.2 Å². The second-order valence-electron chi connectivity index (χ2n) is 7.55. The molecule has 0 radical (unpaired) electrons. The first-order chi connectivity index (χ1) is 16.5. The summed E-state index contributed by atoms with van der Waals surface area (Å²) in [6.45, 7) is 6.48. The third-order valence-electron chi connectivity index (χ3n) is 5.26. The number of carbonyl (C=O) groups is 1. The summed E-state index contributed by atoms with van der Waals surface area (Å²) in [6.07, 6.45) is 3.23. The molecule has 1 aliphatic rings. The Morgan fingerprint density at radius 2 is 2.06 bits per heavy atom. The molecule has 0 saturated carbocycles. The van der Waals surface area contributed by atoms with Crippen molar-refractivity contribution in [1.29, 1.82) is 0 Å². The van der Waals surface area contributed by atoms with Gasteiger partial charge in [-0.15, -0.1) is 11.3 Å². The molecule has 0 saturated heterocycles. The Bertz CT molecular complexity index is 1400. The van der Waals surface area contributed by atoms with Crippen molar-refractivity contribution in [2.24, 2.45) is 4.99 Å². The molecule has 6 nitrogen and oxygen atoms in total. The maximum absolute atomic E-state index is 13.6. The van der Waals surface area contributed by atoms with Crippen LogP contribution in [-0.2, 0) is 9.53 Å². The molecule has 0 N–H and O–H groups in total. The molecule has 34 heavy (non-hydrogen) atoms. The van der Waals surface area contributed by atoms with Crippen molar-refractivity contribution in [3.8, 4) is 5.75 Å². The van der Waals surface area contributed by atoms with Crippen molar-refractivity contribution in [3.63, 3.8) is 0 Å². The van der Waals surface area contributed by atoms with Crippen LogP contribution in [0.3, 0.4) is 0 Å². The van der Waals surface area contributed by atoms with Gasteiger partial charge in [0.05, 0.1) is 34.0 Å². The van der Waals surface area contributed by atoms with Crippen molar-refractivity contribution >= 4 is 46.3 Å². The number of thiophene rings is 1. The number of thiazole rings is 1. The third-order valence-corrected chi connectivity index (χ3v) is 7.46. The molecular weight excluding hydrogens is 492 g/mol. The van der Waals surface area contributed by atoms with Gasteiger partial charge in [0.15, 0.2) is 4.80 Å². The molecule has 1 aromatic carbocycles. The summed E-state index contributed by atoms with van der Waals surface area (Å²) in [6, 6.07) is 8.71. The first kappa shape index (κ1) is 24.4. The standard InChI is InChI=1S/C25H25ClN2O4S2/c1-4-8-17-21(24(30)32-6-3)22(19-9-7-12-33-19)28-23(29)20(34-25(28)27-17)14-15-10-11-18(31-5-2)16(26)13-15/h7,9-14,22H,4-6,8H2,1-3H3/b20-14-/t22-/m1/s1. The van der Waals surface area contributed by atoms with Crippen LogP contribution in [0.15, 0.2) is 56.8 Å². The van der Waals surface area contributed by atoms with Crippen molar-refractivity contribution in [2.45, 2.75) is 39.7 Å². The van der Waals surface area contributed by atoms with E-state index < -0.39 is 12.0 Å². The number of nitrogens with zero attached hydrogens (tertiary/aromatic N) is 2. The summed E-state index contributed by atoms with van der Waals surface area (Å²) < 4.78 is 13.0. The highest BCUT2D eigenvalue weighted by atomic mass is 35.5. The fourth-order valence-corrected chi connectivity index (χ4v) is 5.95. The van der Waals surface area contributed by atoms with Crippen LogP contribution in [0, 0.1) is 0 Å². The van der Waals surface area contributed by atoms with Gasteiger partial charge in [0.1, 0.15) is 11.8 Å². The van der Waals surface area contributed by atoms with E-state index in [4.69, 9.17) is 26.1 Å². The molecule has 0 fully saturated rings. The zero-order chi connectivity index (χ0) is 24.2. The van der Waals surface area contributed by atoms with Gasteiger partial charge in [-0.3, -0.25) is 9.36 Å². The van der Waals surface area contributed by atoms with Crippen LogP contribution in [0.25, 0.3) is 6.08 Å². The van der Waals surface area contributed by atoms with E-state index in [1.54, 1.807) is 29.7 Å². The Balaban J connectivity index is 1.91. The minimum Gasteiger partial charge on any atom is -0.492 e. The third kappa shape index (κ3) is 4.76. The molecule has 0 spiro atoms. The van der Waals surface area contributed by atoms with Crippen LogP contribution in [-0.4, -0.2) is 23.8 Å². The van der Waals surface area contributed by atoms with E-state index >= 15 is 0 Å². The molecule has 0 amide bonds. The predicted octanol–water partition coefficient (Wildman–Crippen LogP) is 4.69. The second-order valence-corrected chi connectivity index (χ2v) is 9.95. The normalized spacial score (nSPS) is 15.8. The molecule has 9 heteroatoms. The van der Waals surface area contributed by atoms with Gasteiger partial charge < -0.3 is 9.47 Å². The van der Waals surface area contributed by atoms with Gasteiger partial charge in [0.25, 0.3) is 5.56 Å². The second kappa shape index (κ2) is 10.7. The molecule has 2 aromatic heterocycles. The number of carbonyl (C=O) groups excluding carboxylic acids is 1. The number of benzene rings is 1. The molecule has 0 unspecified atom stereocenters. The number of hydrogen-bond donors (Lipinski definition) is 0. The van der Waals surface area contributed by atoms with Crippen molar-refractivity contribution in [3.05, 3.63) is 82.1 Å². The fraction of sp³-hybridized carbons (Fsp3) is 0.320. The lowest BCUT2D eigenvalue weighted by Crippen LogP contribution is -2.39. The van der Waals surface area contributed by atoms with E-state index in [2.05, 4.69) is 0 Å². The Labute approximate surface area is 210 Å². The van der Waals surface area contributed by atoms with E-state index in [1.807, 2.05) is 37.4 Å². The lowest BCUT2D eigenvalue weighted by molar-refractivity contribution is -0.139. The number of esters is 1. The number of fused-ring (bicyclic) bond motifs is 1. The van der Waals surface area contributed by atoms with Gasteiger partial charge in [-0.25, -0.2) is 9.79 Å². The number of allylic oxidation sites excluding steroid dienone is 1. The summed E-state index contributed by atoms with van der Waals surface area (Å²) in [4.78, 5) is 32.9. The van der Waals surface area contributed by atoms with E-state index in [1.165, 1.54) is 22.7 Å². The largest absolute Gasteiger partial charge is 0.492 e. The molecule has 178 valence electrons. The summed E-state index contributed by atoms with van der Waals surface area (Å²) >= 11 is 9.15. The fourth-order valence-electron chi connectivity index (χ4n) is 3.87. The highest BCUT2D eigenvalue weighted by molar-refractivity contribution is 7.10. The van der Waals surface area contributed by atoms with Crippen molar-refractivity contribution in [1.82, 2.24) is 4.57 Å². The Hall–Kier alpha value is -2.68. The molecule has 3 aromatic rings. The number of rotatable bonds is 8. The molecule has 0 aliphatic carbocycles. The zero-order valence-corrected chi connectivity index (χ0v) is 21.6. The van der Waals surface area contributed by atoms with Gasteiger partial charge >= 0.3 is 5.97 Å². The van der Waals surface area contributed by atoms with Crippen LogP contribution in [0.2, 0.25) is 5.02 Å². The molecular formula is C25H25ClN2O4S2. The van der Waals surface area contributed by atoms with Crippen LogP contribution in [0.5, 0.6) is 5.75 Å². The van der Waals surface area contributed by atoms with Crippen LogP contribution in [0.4, 0.5) is 0 Å². The smallest absolute Gasteiger partial charge is 0.338 e. The number of ether oxygens (including phenoxy) is 2. The first-order valence-electron chi connectivity index (χ1n) is 11.2. The quantitative estimate of drug-likeness (QED) is 0.407. The summed E-state index contributed by atoms with van der Waals surface area (Å²) in [5, 5.41) is 2.42. The summed E-state index contributed by atoms with van der Waals surface area (Å²) in [5.41, 5.74) is 1.69. The Kier molecular flexibility index (Phi) is 7.70. The average molecular weight is 517 g/mol. The van der Waals surface area contributed by atoms with Crippen LogP contribution >= 0.6 is 34.3 Å². The van der Waals surface area contributed by atoms with Crippen molar-refractivity contribution in [2.75, 3.05) is 13.2 Å². The minimum atomic E-state index is -0.567. The SMILES string of the molecule is CCCC1=C(C(=O)OCC)[C@@H](c2cccs2)n2c(s/c(=C\c3ccc(OCC)c(Cl)c3)c2=O)=N1. The zero-order valence-electron chi connectivity index (χ0n) is 19.2. The number of halogens is 1. The highest BCUT2D eigenvalue weighted by Gasteiger charge is 2.34. The van der Waals surface area contributed by atoms with E-state index in [9.17, 15) is 9.59 Å². The monoisotopic (exact) mass is 516 g/mol. The Morgan fingerprint density at radius 3 is 2.71 bits per heavy atom. The van der Waals surface area contributed by atoms with Crippen LogP contribution < -0.4 is 19.6 Å². The Morgan fingerprint density at radius 1 is 1.24 bits per heavy atom. The lowest BCUT2D eigenvalue weighted by Gasteiger charge is -2.24. The molecule has 0 bridgehead atoms. The molecule has 4 rings (SSSR count). The molecule has 3 heterocycles. The minimum absolute atomic E-state index is 0.204. The summed E-state index contributed by atoms with van der Waals surface area (Å²) in [7, 11) is 0. The van der Waals surface area contributed by atoms with Gasteiger partial charge in [-0.1, -0.05) is 48.4 Å². The topological polar surface area (TPSA) is 69.9 Å². The van der Waals surface area contributed by atoms with Crippen molar-refractivity contribution < 1.29 is 14.3 Å². The maximum Gasteiger partial charge on any atom is 0.338 e. The summed E-state index contributed by atoms with van der Waals surface area (Å²) in [5.74, 6) is 0.171. The van der Waals surface area contributed by atoms with Gasteiger partial charge in [0.2, 0.25) is 0 Å². The van der Waals surface area contributed by atoms with Crippen LogP contribution in [0.1, 0.15) is 50.1 Å². The van der Waals surface area contributed by atoms with Gasteiger partial charge in [-0.05, 0) is 55.5 Å². The van der Waals surface area contributed by atoms with Gasteiger partial charge in [0, 0.05) is 4.88 Å². The predicted molar refractivity (Wildman–Crippen MR) is 137 cm³/mol. The molecule has 1 aliphatic heterocycles. The van der Waals surface area contributed by atoms with E-state index in [0.29, 0.717) is 44.4 Å². The lowest BCUT2D eigenvalue weighted by atomic mass is 9.99. The highest BCUT2D eigenvalue weighted by Crippen LogP contribution is 2.34. The first-order valence-corrected chi connectivity index (χ1v) is 13.2. The average Bonchev–Trinajstić information content (AvgIpc) is 3.44. The maximum atomic E-state index is 13.6. The van der Waals surface area contributed by atoms with Gasteiger partial charge in [-0.2, -0.15) is 0 Å². The molecule has 1 atom stereocenters. The number of aromatic nitrogens is 1. The van der Waals surface area contributed by atoms with E-state index in [0.717, 1.165) is 16.9 Å².